The van der Waals surface area contributed by atoms with Crippen LogP contribution in [0.4, 0.5) is 27.4 Å². The van der Waals surface area contributed by atoms with Gasteiger partial charge >= 0.3 is 0 Å². The predicted octanol–water partition coefficient (Wildman–Crippen LogP) is 4.04. The van der Waals surface area contributed by atoms with Crippen LogP contribution >= 0.6 is 0 Å². The van der Waals surface area contributed by atoms with E-state index < -0.39 is 4.92 Å². The third-order valence-electron chi connectivity index (χ3n) is 4.71. The second-order valence-corrected chi connectivity index (χ2v) is 6.91. The number of nitrogens with one attached hydrogen (secondary N) is 2. The molecule has 0 radical (unpaired) electrons. The van der Waals surface area contributed by atoms with Crippen LogP contribution in [0, 0.1) is 15.9 Å². The molecule has 34 heavy (non-hydrogen) atoms. The minimum Gasteiger partial charge on any atom is -0.337 e. The number of non-ortho nitro benzene ring substituents is 1. The average Bonchev–Trinajstić information content (AvgIpc) is 3.50. The Balaban J connectivity index is 1.40. The van der Waals surface area contributed by atoms with Crippen molar-refractivity contribution in [1.82, 2.24) is 24.8 Å². The number of hydrogen-bond acceptors (Lipinski definition) is 10. The van der Waals surface area contributed by atoms with Gasteiger partial charge in [0.25, 0.3) is 5.69 Å². The molecule has 0 spiro atoms. The zero-order chi connectivity index (χ0) is 23.5. The van der Waals surface area contributed by atoms with Gasteiger partial charge in [-0.3, -0.25) is 15.5 Å². The number of fused-ring (bicyclic) bond motifs is 1. The lowest BCUT2D eigenvalue weighted by molar-refractivity contribution is -0.384. The first kappa shape index (κ1) is 20.7. The molecule has 12 nitrogen and oxygen atoms in total. The molecule has 5 aromatic rings. The van der Waals surface area contributed by atoms with E-state index in [1.165, 1.54) is 24.3 Å². The Kier molecular flexibility index (Phi) is 5.32. The molecule has 0 saturated carbocycles. The third-order valence-corrected chi connectivity index (χ3v) is 4.71. The van der Waals surface area contributed by atoms with Crippen molar-refractivity contribution in [3.63, 3.8) is 0 Å². The fraction of sp³-hybridized carbons (Fsp3) is 0. The quantitative estimate of drug-likeness (QED) is 0.209. The number of nitro groups is 1. The van der Waals surface area contributed by atoms with Crippen molar-refractivity contribution in [2.75, 3.05) is 10.7 Å². The number of anilines is 3. The topological polar surface area (TPSA) is 149 Å². The van der Waals surface area contributed by atoms with Gasteiger partial charge in [-0.2, -0.15) is 10.1 Å². The smallest absolute Gasteiger partial charge is 0.269 e. The van der Waals surface area contributed by atoms with Crippen LogP contribution in [0.2, 0.25) is 0 Å². The lowest BCUT2D eigenvalue weighted by atomic mass is 10.3. The lowest BCUT2D eigenvalue weighted by Gasteiger charge is -2.09. The Morgan fingerprint density at radius 3 is 2.41 bits per heavy atom. The number of hydrogen-bond donors (Lipinski definition) is 2. The zero-order valence-electron chi connectivity index (χ0n) is 17.2. The number of nitro benzene ring substituents is 1. The Morgan fingerprint density at radius 1 is 1.00 bits per heavy atom. The second kappa shape index (κ2) is 8.74. The van der Waals surface area contributed by atoms with Gasteiger partial charge in [0.15, 0.2) is 11.6 Å². The molecule has 0 unspecified atom stereocenters. The van der Waals surface area contributed by atoms with Crippen LogP contribution in [0.1, 0.15) is 5.69 Å². The van der Waals surface area contributed by atoms with Gasteiger partial charge in [-0.15, -0.1) is 0 Å². The maximum absolute atomic E-state index is 13.2. The fourth-order valence-corrected chi connectivity index (χ4v) is 3.10. The van der Waals surface area contributed by atoms with Crippen molar-refractivity contribution < 1.29 is 13.9 Å². The van der Waals surface area contributed by atoms with Gasteiger partial charge in [-0.1, -0.05) is 0 Å². The van der Waals surface area contributed by atoms with Gasteiger partial charge < -0.3 is 9.88 Å². The van der Waals surface area contributed by atoms with Crippen LogP contribution in [-0.2, 0) is 0 Å². The molecule has 0 saturated heterocycles. The van der Waals surface area contributed by atoms with E-state index >= 15 is 0 Å². The Bertz CT molecular complexity index is 1490. The molecule has 2 N–H and O–H groups in total. The van der Waals surface area contributed by atoms with E-state index in [4.69, 9.17) is 0 Å². The van der Waals surface area contributed by atoms with E-state index in [1.807, 2.05) is 16.7 Å². The van der Waals surface area contributed by atoms with Crippen LogP contribution in [-0.4, -0.2) is 36.0 Å². The molecule has 0 atom stereocenters. The maximum atomic E-state index is 13.2. The predicted molar refractivity (Wildman–Crippen MR) is 121 cm³/mol. The summed E-state index contributed by atoms with van der Waals surface area (Å²) in [6.45, 7) is 0. The highest BCUT2D eigenvalue weighted by Gasteiger charge is 2.13. The number of nitrogens with zero attached hydrogens (tertiary/aromatic N) is 7. The summed E-state index contributed by atoms with van der Waals surface area (Å²) in [4.78, 5) is 19.1. The van der Waals surface area contributed by atoms with E-state index in [9.17, 15) is 14.5 Å². The lowest BCUT2D eigenvalue weighted by Crippen LogP contribution is -2.04. The monoisotopic (exact) mass is 459 g/mol. The maximum Gasteiger partial charge on any atom is 0.269 e. The van der Waals surface area contributed by atoms with Gasteiger partial charge in [0.05, 0.1) is 16.8 Å². The minimum absolute atomic E-state index is 0.00489. The number of aromatic nitrogens is 5. The van der Waals surface area contributed by atoms with Crippen LogP contribution < -0.4 is 10.7 Å². The van der Waals surface area contributed by atoms with Crippen molar-refractivity contribution >= 4 is 40.5 Å². The third kappa shape index (κ3) is 4.25. The molecule has 168 valence electrons. The van der Waals surface area contributed by atoms with Crippen molar-refractivity contribution in [3.8, 4) is 5.69 Å². The Labute approximate surface area is 189 Å². The first-order valence-corrected chi connectivity index (χ1v) is 9.81. The molecular weight excluding hydrogens is 445 g/mol. The molecule has 5 rings (SSSR count). The summed E-state index contributed by atoms with van der Waals surface area (Å²) < 4.78 is 19.7. The number of halogens is 1. The van der Waals surface area contributed by atoms with E-state index in [0.29, 0.717) is 11.4 Å². The number of rotatable bonds is 7. The molecular formula is C21H14FN9O3. The summed E-state index contributed by atoms with van der Waals surface area (Å²) in [6.07, 6.45) is 3.35. The average molecular weight is 459 g/mol. The van der Waals surface area contributed by atoms with Crippen LogP contribution in [0.25, 0.3) is 17.0 Å². The van der Waals surface area contributed by atoms with Crippen molar-refractivity contribution in [1.29, 1.82) is 0 Å². The van der Waals surface area contributed by atoms with Crippen LogP contribution in [0.3, 0.4) is 0 Å². The summed E-state index contributed by atoms with van der Waals surface area (Å²) in [5.41, 5.74) is 5.19. The summed E-state index contributed by atoms with van der Waals surface area (Å²) in [6, 6.07) is 15.5. The molecule has 0 amide bonds. The molecule has 0 aliphatic heterocycles. The summed E-state index contributed by atoms with van der Waals surface area (Å²) >= 11 is 0. The van der Waals surface area contributed by atoms with Gasteiger partial charge in [-0.05, 0) is 58.8 Å². The first-order chi connectivity index (χ1) is 16.6. The molecule has 2 aromatic carbocycles. The van der Waals surface area contributed by atoms with E-state index in [2.05, 4.69) is 40.8 Å². The molecule has 0 fully saturated rings. The van der Waals surface area contributed by atoms with Crippen molar-refractivity contribution in [3.05, 3.63) is 88.5 Å². The van der Waals surface area contributed by atoms with Crippen molar-refractivity contribution in [2.24, 2.45) is 5.10 Å². The SMILES string of the molecule is O=[N+]([O-])c1ccc(-n2cccc2/C=N/Nc2nc3nonc3nc2Nc2ccc(F)cc2)cc1. The summed E-state index contributed by atoms with van der Waals surface area (Å²) in [5.74, 6) is 0.140. The number of benzene rings is 2. The highest BCUT2D eigenvalue weighted by atomic mass is 19.1. The van der Waals surface area contributed by atoms with Gasteiger partial charge in [0.1, 0.15) is 5.82 Å². The first-order valence-electron chi connectivity index (χ1n) is 9.81. The molecule has 0 bridgehead atoms. The molecule has 3 heterocycles. The van der Waals surface area contributed by atoms with Gasteiger partial charge in [-0.25, -0.2) is 14.0 Å². The van der Waals surface area contributed by atoms with Crippen LogP contribution in [0.5, 0.6) is 0 Å². The highest BCUT2D eigenvalue weighted by molar-refractivity contribution is 5.81. The van der Waals surface area contributed by atoms with E-state index in [-0.39, 0.29) is 34.4 Å². The van der Waals surface area contributed by atoms with Gasteiger partial charge in [0, 0.05) is 29.7 Å². The fourth-order valence-electron chi connectivity index (χ4n) is 3.10. The Hall–Kier alpha value is -5.20. The number of hydrazone groups is 1. The standard InChI is InChI=1S/C21H14FN9O3/c22-13-3-5-14(6-4-13)24-18-19(26-21-20(25-18)28-34-29-21)27-23-12-17-2-1-11-30(17)15-7-9-16(10-8-15)31(32)33/h1-12H,(H,24,25,28)(H,26,27,29)/b23-12+. The van der Waals surface area contributed by atoms with Gasteiger partial charge in [0.2, 0.25) is 11.3 Å². The van der Waals surface area contributed by atoms with E-state index in [1.54, 1.807) is 36.7 Å². The molecule has 0 aliphatic rings. The Morgan fingerprint density at radius 2 is 1.71 bits per heavy atom. The highest BCUT2D eigenvalue weighted by Crippen LogP contribution is 2.24. The van der Waals surface area contributed by atoms with Crippen LogP contribution in [0.15, 0.2) is 76.6 Å². The molecule has 3 aromatic heterocycles. The van der Waals surface area contributed by atoms with Crippen molar-refractivity contribution in [2.45, 2.75) is 0 Å². The molecule has 0 aliphatic carbocycles. The second-order valence-electron chi connectivity index (χ2n) is 6.91. The molecule has 13 heteroatoms. The summed E-state index contributed by atoms with van der Waals surface area (Å²) in [7, 11) is 0. The normalized spacial score (nSPS) is 11.2. The summed E-state index contributed by atoms with van der Waals surface area (Å²) in [5, 5.41) is 25.5. The zero-order valence-corrected chi connectivity index (χ0v) is 17.2. The largest absolute Gasteiger partial charge is 0.337 e. The minimum atomic E-state index is -0.453. The van der Waals surface area contributed by atoms with E-state index in [0.717, 1.165) is 5.69 Å².